The molecular formula is C23H28FN3O2. The minimum absolute atomic E-state index is 0.0258. The van der Waals surface area contributed by atoms with Gasteiger partial charge in [-0.15, -0.1) is 0 Å². The maximum Gasteiger partial charge on any atom is 0.224 e. The van der Waals surface area contributed by atoms with Gasteiger partial charge in [-0.2, -0.15) is 0 Å². The van der Waals surface area contributed by atoms with Gasteiger partial charge in [0.2, 0.25) is 11.8 Å². The molecule has 0 N–H and O–H groups in total. The molecule has 0 aliphatic carbocycles. The van der Waals surface area contributed by atoms with Crippen molar-refractivity contribution in [2.24, 2.45) is 0 Å². The summed E-state index contributed by atoms with van der Waals surface area (Å²) in [6.45, 7) is 7.22. The van der Waals surface area contributed by atoms with Crippen molar-refractivity contribution in [1.82, 2.24) is 9.80 Å². The fraction of sp³-hybridized carbons (Fsp3) is 0.391. The summed E-state index contributed by atoms with van der Waals surface area (Å²) in [5, 5.41) is 0. The molecule has 0 aromatic heterocycles. The summed E-state index contributed by atoms with van der Waals surface area (Å²) in [7, 11) is 0. The third-order valence-electron chi connectivity index (χ3n) is 5.49. The van der Waals surface area contributed by atoms with Crippen LogP contribution in [0.4, 0.5) is 10.1 Å². The van der Waals surface area contributed by atoms with Crippen LogP contribution >= 0.6 is 0 Å². The predicted molar refractivity (Wildman–Crippen MR) is 112 cm³/mol. The Morgan fingerprint density at radius 3 is 2.28 bits per heavy atom. The van der Waals surface area contributed by atoms with Crippen LogP contribution in [0.5, 0.6) is 0 Å². The molecule has 0 saturated carbocycles. The Balaban J connectivity index is 1.50. The van der Waals surface area contributed by atoms with E-state index in [2.05, 4.69) is 4.90 Å². The number of benzene rings is 2. The molecule has 0 bridgehead atoms. The molecule has 154 valence electrons. The molecule has 2 aromatic carbocycles. The maximum absolute atomic E-state index is 13.1. The Morgan fingerprint density at radius 1 is 1.00 bits per heavy atom. The third-order valence-corrected chi connectivity index (χ3v) is 5.49. The molecular weight excluding hydrogens is 369 g/mol. The lowest BCUT2D eigenvalue weighted by Crippen LogP contribution is -2.49. The smallest absolute Gasteiger partial charge is 0.224 e. The van der Waals surface area contributed by atoms with Gasteiger partial charge in [0, 0.05) is 58.3 Å². The predicted octanol–water partition coefficient (Wildman–Crippen LogP) is 3.22. The van der Waals surface area contributed by atoms with Crippen molar-refractivity contribution in [3.8, 4) is 0 Å². The van der Waals surface area contributed by atoms with E-state index in [4.69, 9.17) is 0 Å². The van der Waals surface area contributed by atoms with Gasteiger partial charge in [-0.05, 0) is 42.3 Å². The third kappa shape index (κ3) is 5.56. The van der Waals surface area contributed by atoms with E-state index in [0.717, 1.165) is 29.9 Å². The Hall–Kier alpha value is -2.89. The average Bonchev–Trinajstić information content (AvgIpc) is 2.72. The van der Waals surface area contributed by atoms with Crippen molar-refractivity contribution in [3.63, 3.8) is 0 Å². The molecule has 5 nitrogen and oxygen atoms in total. The second-order valence-corrected chi connectivity index (χ2v) is 7.46. The molecule has 2 amide bonds. The van der Waals surface area contributed by atoms with Crippen LogP contribution in [-0.2, 0) is 16.1 Å². The van der Waals surface area contributed by atoms with Crippen LogP contribution < -0.4 is 4.90 Å². The van der Waals surface area contributed by atoms with E-state index in [0.29, 0.717) is 32.6 Å². The number of halogens is 1. The van der Waals surface area contributed by atoms with Gasteiger partial charge in [-0.25, -0.2) is 4.39 Å². The first kappa shape index (κ1) is 20.8. The summed E-state index contributed by atoms with van der Waals surface area (Å²) in [6, 6.07) is 14.4. The van der Waals surface area contributed by atoms with Crippen molar-refractivity contribution in [3.05, 3.63) is 65.5 Å². The lowest BCUT2D eigenvalue weighted by atomic mass is 10.1. The first-order chi connectivity index (χ1) is 13.9. The molecule has 0 radical (unpaired) electrons. The lowest BCUT2D eigenvalue weighted by molar-refractivity contribution is -0.134. The van der Waals surface area contributed by atoms with E-state index < -0.39 is 0 Å². The summed E-state index contributed by atoms with van der Waals surface area (Å²) in [5.41, 5.74) is 3.21. The highest BCUT2D eigenvalue weighted by atomic mass is 19.1. The van der Waals surface area contributed by atoms with Gasteiger partial charge in [0.1, 0.15) is 5.82 Å². The van der Waals surface area contributed by atoms with Gasteiger partial charge in [0.15, 0.2) is 0 Å². The molecule has 1 saturated heterocycles. The van der Waals surface area contributed by atoms with Crippen LogP contribution in [0.3, 0.4) is 0 Å². The van der Waals surface area contributed by atoms with Crippen molar-refractivity contribution < 1.29 is 14.0 Å². The molecule has 29 heavy (non-hydrogen) atoms. The molecule has 1 fully saturated rings. The number of carbonyl (C=O) groups is 2. The Bertz CT molecular complexity index is 845. The van der Waals surface area contributed by atoms with Crippen LogP contribution in [-0.4, -0.2) is 54.3 Å². The number of aryl methyl sites for hydroxylation is 1. The highest BCUT2D eigenvalue weighted by molar-refractivity contribution is 5.78. The molecule has 1 aliphatic rings. The Morgan fingerprint density at radius 2 is 1.66 bits per heavy atom. The number of rotatable bonds is 6. The topological polar surface area (TPSA) is 43.9 Å². The Kier molecular flexibility index (Phi) is 6.86. The summed E-state index contributed by atoms with van der Waals surface area (Å²) in [4.78, 5) is 30.4. The van der Waals surface area contributed by atoms with Crippen molar-refractivity contribution in [1.29, 1.82) is 0 Å². The summed E-state index contributed by atoms with van der Waals surface area (Å²) < 4.78 is 13.1. The molecule has 0 atom stereocenters. The number of hydrogen-bond acceptors (Lipinski definition) is 3. The van der Waals surface area contributed by atoms with Gasteiger partial charge in [0.05, 0.1) is 0 Å². The van der Waals surface area contributed by atoms with Gasteiger partial charge in [-0.3, -0.25) is 9.59 Å². The van der Waals surface area contributed by atoms with E-state index >= 15 is 0 Å². The van der Waals surface area contributed by atoms with Crippen molar-refractivity contribution in [2.75, 3.05) is 37.6 Å². The van der Waals surface area contributed by atoms with Crippen molar-refractivity contribution in [2.45, 2.75) is 26.8 Å². The monoisotopic (exact) mass is 397 g/mol. The van der Waals surface area contributed by atoms with Crippen LogP contribution in [0.1, 0.15) is 24.5 Å². The molecule has 3 rings (SSSR count). The number of piperazine rings is 1. The van der Waals surface area contributed by atoms with Gasteiger partial charge >= 0.3 is 0 Å². The second-order valence-electron chi connectivity index (χ2n) is 7.46. The molecule has 1 aliphatic heterocycles. The van der Waals surface area contributed by atoms with E-state index in [1.165, 1.54) is 12.1 Å². The van der Waals surface area contributed by atoms with E-state index in [1.54, 1.807) is 24.0 Å². The highest BCUT2D eigenvalue weighted by Gasteiger charge is 2.22. The van der Waals surface area contributed by atoms with E-state index in [1.807, 2.05) is 36.1 Å². The molecule has 0 unspecified atom stereocenters. The normalized spacial score (nSPS) is 14.0. The fourth-order valence-electron chi connectivity index (χ4n) is 3.60. The molecule has 1 heterocycles. The minimum Gasteiger partial charge on any atom is -0.368 e. The Labute approximate surface area is 171 Å². The highest BCUT2D eigenvalue weighted by Crippen LogP contribution is 2.17. The number of hydrogen-bond donors (Lipinski definition) is 0. The van der Waals surface area contributed by atoms with Gasteiger partial charge in [-0.1, -0.05) is 24.3 Å². The van der Waals surface area contributed by atoms with Gasteiger partial charge in [0.25, 0.3) is 0 Å². The first-order valence-corrected chi connectivity index (χ1v) is 10.0. The van der Waals surface area contributed by atoms with Crippen LogP contribution in [0, 0.1) is 12.7 Å². The van der Waals surface area contributed by atoms with Crippen LogP contribution in [0.25, 0.3) is 0 Å². The molecule has 0 spiro atoms. The van der Waals surface area contributed by atoms with Crippen LogP contribution in [0.2, 0.25) is 0 Å². The minimum atomic E-state index is -0.247. The summed E-state index contributed by atoms with van der Waals surface area (Å²) >= 11 is 0. The van der Waals surface area contributed by atoms with Gasteiger partial charge < -0.3 is 14.7 Å². The first-order valence-electron chi connectivity index (χ1n) is 10.0. The maximum atomic E-state index is 13.1. The zero-order valence-electron chi connectivity index (χ0n) is 17.1. The number of carbonyl (C=O) groups excluding carboxylic acids is 2. The van der Waals surface area contributed by atoms with E-state index in [-0.39, 0.29) is 17.6 Å². The second kappa shape index (κ2) is 9.54. The SMILES string of the molecule is CC(=O)N(CCC(=O)N1CCN(c2ccc(F)cc2)CC1)Cc1ccccc1C. The van der Waals surface area contributed by atoms with E-state index in [9.17, 15) is 14.0 Å². The zero-order chi connectivity index (χ0) is 20.8. The zero-order valence-corrected chi connectivity index (χ0v) is 17.1. The molecule has 2 aromatic rings. The fourth-order valence-corrected chi connectivity index (χ4v) is 3.60. The lowest BCUT2D eigenvalue weighted by Gasteiger charge is -2.36. The largest absolute Gasteiger partial charge is 0.368 e. The number of amides is 2. The van der Waals surface area contributed by atoms with Crippen LogP contribution in [0.15, 0.2) is 48.5 Å². The standard InChI is InChI=1S/C23H28FN3O2/c1-18-5-3-4-6-20(18)17-27(19(2)28)12-11-23(29)26-15-13-25(14-16-26)22-9-7-21(24)8-10-22/h3-10H,11-17H2,1-2H3. The summed E-state index contributed by atoms with van der Waals surface area (Å²) in [5.74, 6) is -0.203. The van der Waals surface area contributed by atoms with Crippen molar-refractivity contribution >= 4 is 17.5 Å². The number of anilines is 1. The number of nitrogens with zero attached hydrogens (tertiary/aromatic N) is 3. The quantitative estimate of drug-likeness (QED) is 0.752. The average molecular weight is 397 g/mol. The summed E-state index contributed by atoms with van der Waals surface area (Å²) in [6.07, 6.45) is 0.321. The molecule has 6 heteroatoms.